The smallest absolute Gasteiger partial charge is 0.191 e. The summed E-state index contributed by atoms with van der Waals surface area (Å²) in [7, 11) is 0. The van der Waals surface area contributed by atoms with Gasteiger partial charge in [0.1, 0.15) is 11.5 Å². The molecule has 1 aromatic heterocycles. The molecule has 1 saturated heterocycles. The summed E-state index contributed by atoms with van der Waals surface area (Å²) in [4.78, 5) is 7.12. The zero-order valence-corrected chi connectivity index (χ0v) is 18.1. The standard InChI is InChI=1S/C20H28N4O2.HI/c1-2-21-20(22-14-16-7-9-17(25)10-8-16)23-15-18(19-6-5-13-26-19)24-11-3-4-12-24;/h5-10,13,18,25H,2-4,11-12,14-15H2,1H3,(H2,21,22,23);1H. The van der Waals surface area contributed by atoms with Crippen LogP contribution in [0.2, 0.25) is 0 Å². The van der Waals surface area contributed by atoms with Gasteiger partial charge in [0.15, 0.2) is 5.96 Å². The summed E-state index contributed by atoms with van der Waals surface area (Å²) in [6.45, 7) is 6.38. The predicted octanol–water partition coefficient (Wildman–Crippen LogP) is 3.50. The van der Waals surface area contributed by atoms with E-state index in [-0.39, 0.29) is 35.8 Å². The molecule has 0 spiro atoms. The molecule has 1 aliphatic rings. The molecule has 2 heterocycles. The molecule has 6 nitrogen and oxygen atoms in total. The SMILES string of the molecule is CCNC(=NCc1ccc(O)cc1)NCC(c1ccco1)N1CCCC1.I. The molecule has 0 saturated carbocycles. The Labute approximate surface area is 178 Å². The van der Waals surface area contributed by atoms with Gasteiger partial charge in [0.2, 0.25) is 0 Å². The van der Waals surface area contributed by atoms with Gasteiger partial charge in [-0.1, -0.05) is 12.1 Å². The summed E-state index contributed by atoms with van der Waals surface area (Å²) in [5.41, 5.74) is 1.06. The van der Waals surface area contributed by atoms with Crippen molar-refractivity contribution in [3.63, 3.8) is 0 Å². The number of phenols is 1. The van der Waals surface area contributed by atoms with Gasteiger partial charge in [-0.3, -0.25) is 4.90 Å². The fourth-order valence-electron chi connectivity index (χ4n) is 3.25. The first-order valence-corrected chi connectivity index (χ1v) is 9.34. The van der Waals surface area contributed by atoms with Gasteiger partial charge in [0.25, 0.3) is 0 Å². The monoisotopic (exact) mass is 484 g/mol. The quantitative estimate of drug-likeness (QED) is 0.319. The molecular weight excluding hydrogens is 455 g/mol. The number of likely N-dealkylation sites (tertiary alicyclic amines) is 1. The van der Waals surface area contributed by atoms with E-state index in [9.17, 15) is 5.11 Å². The maximum absolute atomic E-state index is 9.38. The van der Waals surface area contributed by atoms with Gasteiger partial charge in [0, 0.05) is 13.1 Å². The highest BCUT2D eigenvalue weighted by molar-refractivity contribution is 14.0. The Morgan fingerprint density at radius 1 is 1.19 bits per heavy atom. The van der Waals surface area contributed by atoms with Gasteiger partial charge in [-0.15, -0.1) is 24.0 Å². The number of halogens is 1. The fraction of sp³-hybridized carbons (Fsp3) is 0.450. The van der Waals surface area contributed by atoms with Gasteiger partial charge < -0.3 is 20.2 Å². The lowest BCUT2D eigenvalue weighted by Gasteiger charge is -2.26. The van der Waals surface area contributed by atoms with E-state index in [0.717, 1.165) is 43.5 Å². The van der Waals surface area contributed by atoms with Crippen molar-refractivity contribution >= 4 is 29.9 Å². The molecule has 0 bridgehead atoms. The van der Waals surface area contributed by atoms with Crippen LogP contribution in [0.15, 0.2) is 52.1 Å². The maximum Gasteiger partial charge on any atom is 0.191 e. The molecule has 3 N–H and O–H groups in total. The minimum atomic E-state index is 0. The number of nitrogens with one attached hydrogen (secondary N) is 2. The van der Waals surface area contributed by atoms with Crippen LogP contribution in [0.3, 0.4) is 0 Å². The third-order valence-electron chi connectivity index (χ3n) is 4.62. The van der Waals surface area contributed by atoms with Crippen molar-refractivity contribution < 1.29 is 9.52 Å². The van der Waals surface area contributed by atoms with E-state index in [1.807, 2.05) is 24.3 Å². The number of furan rings is 1. The molecule has 3 rings (SSSR count). The predicted molar refractivity (Wildman–Crippen MR) is 119 cm³/mol. The summed E-state index contributed by atoms with van der Waals surface area (Å²) in [5.74, 6) is 2.06. The van der Waals surface area contributed by atoms with Crippen LogP contribution in [0, 0.1) is 0 Å². The molecule has 0 radical (unpaired) electrons. The Morgan fingerprint density at radius 3 is 2.56 bits per heavy atom. The van der Waals surface area contributed by atoms with Gasteiger partial charge >= 0.3 is 0 Å². The van der Waals surface area contributed by atoms with Crippen LogP contribution < -0.4 is 10.6 Å². The molecule has 1 aliphatic heterocycles. The minimum Gasteiger partial charge on any atom is -0.508 e. The number of phenolic OH excluding ortho intramolecular Hbond substituents is 1. The average Bonchev–Trinajstić information content (AvgIpc) is 3.35. The van der Waals surface area contributed by atoms with Crippen LogP contribution in [-0.4, -0.2) is 42.1 Å². The number of nitrogens with zero attached hydrogens (tertiary/aromatic N) is 2. The number of aromatic hydroxyl groups is 1. The molecule has 1 fully saturated rings. The van der Waals surface area contributed by atoms with E-state index in [2.05, 4.69) is 27.4 Å². The minimum absolute atomic E-state index is 0. The molecule has 7 heteroatoms. The van der Waals surface area contributed by atoms with Crippen molar-refractivity contribution in [2.75, 3.05) is 26.2 Å². The van der Waals surface area contributed by atoms with E-state index in [1.165, 1.54) is 12.8 Å². The first-order valence-electron chi connectivity index (χ1n) is 9.34. The van der Waals surface area contributed by atoms with Crippen molar-refractivity contribution in [2.45, 2.75) is 32.4 Å². The second-order valence-corrected chi connectivity index (χ2v) is 6.52. The molecule has 0 aliphatic carbocycles. The highest BCUT2D eigenvalue weighted by Gasteiger charge is 2.25. The molecule has 1 unspecified atom stereocenters. The molecule has 27 heavy (non-hydrogen) atoms. The van der Waals surface area contributed by atoms with Gasteiger partial charge in [-0.25, -0.2) is 4.99 Å². The summed E-state index contributed by atoms with van der Waals surface area (Å²) < 4.78 is 5.68. The highest BCUT2D eigenvalue weighted by atomic mass is 127. The number of benzene rings is 1. The second kappa shape index (κ2) is 11.2. The zero-order valence-electron chi connectivity index (χ0n) is 15.7. The lowest BCUT2D eigenvalue weighted by Crippen LogP contribution is -2.42. The summed E-state index contributed by atoms with van der Waals surface area (Å²) >= 11 is 0. The van der Waals surface area contributed by atoms with Crippen molar-refractivity contribution in [1.29, 1.82) is 0 Å². The van der Waals surface area contributed by atoms with E-state index in [0.29, 0.717) is 6.54 Å². The lowest BCUT2D eigenvalue weighted by atomic mass is 10.2. The van der Waals surface area contributed by atoms with E-state index in [1.54, 1.807) is 18.4 Å². The fourth-order valence-corrected chi connectivity index (χ4v) is 3.25. The van der Waals surface area contributed by atoms with E-state index < -0.39 is 0 Å². The summed E-state index contributed by atoms with van der Waals surface area (Å²) in [6.07, 6.45) is 4.22. The third-order valence-corrected chi connectivity index (χ3v) is 4.62. The van der Waals surface area contributed by atoms with Crippen molar-refractivity contribution in [3.8, 4) is 5.75 Å². The molecular formula is C20H29IN4O2. The Balaban J connectivity index is 0.00000261. The Morgan fingerprint density at radius 2 is 1.93 bits per heavy atom. The molecule has 148 valence electrons. The normalized spacial score (nSPS) is 16.0. The average molecular weight is 484 g/mol. The van der Waals surface area contributed by atoms with E-state index in [4.69, 9.17) is 4.42 Å². The lowest BCUT2D eigenvalue weighted by molar-refractivity contribution is 0.215. The number of hydrogen-bond acceptors (Lipinski definition) is 4. The zero-order chi connectivity index (χ0) is 18.2. The first kappa shape index (κ1) is 21.6. The van der Waals surface area contributed by atoms with Crippen LogP contribution in [0.5, 0.6) is 5.75 Å². The number of hydrogen-bond donors (Lipinski definition) is 3. The van der Waals surface area contributed by atoms with Gasteiger partial charge in [-0.05, 0) is 62.7 Å². The largest absolute Gasteiger partial charge is 0.508 e. The summed E-state index contributed by atoms with van der Waals surface area (Å²) in [5, 5.41) is 16.1. The van der Waals surface area contributed by atoms with Crippen molar-refractivity contribution in [3.05, 3.63) is 54.0 Å². The van der Waals surface area contributed by atoms with Gasteiger partial charge in [-0.2, -0.15) is 0 Å². The van der Waals surface area contributed by atoms with Crippen LogP contribution >= 0.6 is 24.0 Å². The Hall–Kier alpha value is -1.74. The van der Waals surface area contributed by atoms with Crippen LogP contribution in [0.4, 0.5) is 0 Å². The number of aliphatic imine (C=N–C) groups is 1. The third kappa shape index (κ3) is 6.42. The molecule has 2 aromatic rings. The highest BCUT2D eigenvalue weighted by Crippen LogP contribution is 2.24. The van der Waals surface area contributed by atoms with Crippen LogP contribution in [0.25, 0.3) is 0 Å². The maximum atomic E-state index is 9.38. The summed E-state index contributed by atoms with van der Waals surface area (Å²) in [6, 6.07) is 11.4. The Bertz CT molecular complexity index is 683. The van der Waals surface area contributed by atoms with Crippen LogP contribution in [0.1, 0.15) is 37.1 Å². The number of rotatable bonds is 7. The van der Waals surface area contributed by atoms with E-state index >= 15 is 0 Å². The molecule has 0 amide bonds. The van der Waals surface area contributed by atoms with Crippen LogP contribution in [-0.2, 0) is 6.54 Å². The second-order valence-electron chi connectivity index (χ2n) is 6.52. The Kier molecular flexibility index (Phi) is 8.93. The van der Waals surface area contributed by atoms with Gasteiger partial charge in [0.05, 0.1) is 18.8 Å². The first-order chi connectivity index (χ1) is 12.8. The molecule has 1 atom stereocenters. The van der Waals surface area contributed by atoms with Crippen molar-refractivity contribution in [1.82, 2.24) is 15.5 Å². The number of guanidine groups is 1. The van der Waals surface area contributed by atoms with Crippen molar-refractivity contribution in [2.24, 2.45) is 4.99 Å². The topological polar surface area (TPSA) is 73.0 Å². The molecule has 1 aromatic carbocycles.